The molecule has 3 rings (SSSR count). The number of nitrogens with zero attached hydrogens (tertiary/aromatic N) is 2. The number of pyridine rings is 1. The minimum Gasteiger partial charge on any atom is -0.493 e. The molecule has 1 saturated heterocycles. The summed E-state index contributed by atoms with van der Waals surface area (Å²) in [5, 5.41) is 1.08. The molecule has 2 aromatic rings. The fourth-order valence-electron chi connectivity index (χ4n) is 2.94. The summed E-state index contributed by atoms with van der Waals surface area (Å²) in [6, 6.07) is 7.41. The number of aromatic nitrogens is 1. The number of benzene rings is 1. The van der Waals surface area contributed by atoms with Crippen molar-refractivity contribution in [1.82, 2.24) is 9.88 Å². The van der Waals surface area contributed by atoms with Crippen LogP contribution in [0.25, 0.3) is 0 Å². The Morgan fingerprint density at radius 2 is 2.04 bits per heavy atom. The van der Waals surface area contributed by atoms with Crippen LogP contribution in [-0.2, 0) is 11.3 Å². The van der Waals surface area contributed by atoms with E-state index >= 15 is 0 Å². The first-order valence-electron chi connectivity index (χ1n) is 7.97. The highest BCUT2D eigenvalue weighted by Gasteiger charge is 2.24. The largest absolute Gasteiger partial charge is 0.493 e. The van der Waals surface area contributed by atoms with Crippen molar-refractivity contribution in [3.63, 3.8) is 0 Å². The minimum absolute atomic E-state index is 0.0554. The van der Waals surface area contributed by atoms with Crippen LogP contribution in [0.4, 0.5) is 0 Å². The van der Waals surface area contributed by atoms with E-state index in [9.17, 15) is 0 Å². The van der Waals surface area contributed by atoms with Crippen LogP contribution in [0.5, 0.6) is 11.5 Å². The molecular weight excluding hydrogens is 363 g/mol. The summed E-state index contributed by atoms with van der Waals surface area (Å²) in [6.07, 6.45) is 1.67. The van der Waals surface area contributed by atoms with Gasteiger partial charge in [0, 0.05) is 31.9 Å². The van der Waals surface area contributed by atoms with E-state index in [1.54, 1.807) is 32.5 Å². The van der Waals surface area contributed by atoms with Gasteiger partial charge in [0.25, 0.3) is 0 Å². The van der Waals surface area contributed by atoms with Gasteiger partial charge in [-0.2, -0.15) is 0 Å². The molecule has 7 heteroatoms. The molecule has 0 N–H and O–H groups in total. The van der Waals surface area contributed by atoms with Crippen molar-refractivity contribution in [2.75, 3.05) is 33.9 Å². The first-order valence-corrected chi connectivity index (χ1v) is 8.72. The van der Waals surface area contributed by atoms with Crippen LogP contribution >= 0.6 is 23.2 Å². The Labute approximate surface area is 157 Å². The number of ether oxygens (including phenoxy) is 3. The Hall–Kier alpha value is -1.53. The maximum absolute atomic E-state index is 6.13. The van der Waals surface area contributed by atoms with Gasteiger partial charge in [-0.25, -0.2) is 0 Å². The maximum atomic E-state index is 6.13. The second-order valence-corrected chi connectivity index (χ2v) is 6.58. The van der Waals surface area contributed by atoms with Crippen molar-refractivity contribution in [3.8, 4) is 11.5 Å². The van der Waals surface area contributed by atoms with Gasteiger partial charge in [-0.3, -0.25) is 9.88 Å². The monoisotopic (exact) mass is 382 g/mol. The van der Waals surface area contributed by atoms with Crippen LogP contribution in [0.15, 0.2) is 30.5 Å². The zero-order chi connectivity index (χ0) is 17.8. The molecule has 1 aliphatic rings. The molecule has 2 heterocycles. The Bertz CT molecular complexity index is 742. The fourth-order valence-corrected chi connectivity index (χ4v) is 3.24. The van der Waals surface area contributed by atoms with Crippen molar-refractivity contribution in [2.45, 2.75) is 12.6 Å². The van der Waals surface area contributed by atoms with Gasteiger partial charge in [0.2, 0.25) is 0 Å². The van der Waals surface area contributed by atoms with Crippen LogP contribution in [0.1, 0.15) is 17.4 Å². The van der Waals surface area contributed by atoms with Crippen molar-refractivity contribution in [2.24, 2.45) is 0 Å². The fraction of sp³-hybridized carbons (Fsp3) is 0.389. The average molecular weight is 383 g/mol. The molecule has 0 aliphatic carbocycles. The summed E-state index contributed by atoms with van der Waals surface area (Å²) in [5.41, 5.74) is 1.86. The number of morpholine rings is 1. The SMILES string of the molecule is COc1ccnc(CN2CCO[C@@H](c3ccc(Cl)c(Cl)c3)C2)c1OC. The van der Waals surface area contributed by atoms with Crippen LogP contribution in [-0.4, -0.2) is 43.8 Å². The molecule has 1 aromatic carbocycles. The highest BCUT2D eigenvalue weighted by molar-refractivity contribution is 6.42. The molecule has 134 valence electrons. The summed E-state index contributed by atoms with van der Waals surface area (Å²) in [5.74, 6) is 1.35. The number of methoxy groups -OCH3 is 2. The van der Waals surface area contributed by atoms with E-state index in [2.05, 4.69) is 9.88 Å². The third-order valence-corrected chi connectivity index (χ3v) is 4.94. The van der Waals surface area contributed by atoms with E-state index in [0.717, 1.165) is 24.3 Å². The number of hydrogen-bond donors (Lipinski definition) is 0. The zero-order valence-corrected chi connectivity index (χ0v) is 15.7. The summed E-state index contributed by atoms with van der Waals surface area (Å²) in [7, 11) is 3.25. The van der Waals surface area contributed by atoms with Crippen LogP contribution in [0.3, 0.4) is 0 Å². The molecule has 0 spiro atoms. The Kier molecular flexibility index (Phi) is 6.02. The highest BCUT2D eigenvalue weighted by Crippen LogP contribution is 2.32. The predicted octanol–water partition coefficient (Wildman–Crippen LogP) is 3.98. The Balaban J connectivity index is 1.75. The van der Waals surface area contributed by atoms with Gasteiger partial charge in [-0.1, -0.05) is 29.3 Å². The van der Waals surface area contributed by atoms with Gasteiger partial charge in [-0.05, 0) is 17.7 Å². The Morgan fingerprint density at radius 3 is 2.76 bits per heavy atom. The quantitative estimate of drug-likeness (QED) is 0.782. The Morgan fingerprint density at radius 1 is 1.20 bits per heavy atom. The van der Waals surface area contributed by atoms with Crippen molar-refractivity contribution in [3.05, 3.63) is 51.8 Å². The zero-order valence-electron chi connectivity index (χ0n) is 14.2. The molecule has 0 amide bonds. The highest BCUT2D eigenvalue weighted by atomic mass is 35.5. The lowest BCUT2D eigenvalue weighted by atomic mass is 10.1. The average Bonchev–Trinajstić information content (AvgIpc) is 2.64. The van der Waals surface area contributed by atoms with Gasteiger partial charge in [0.15, 0.2) is 11.5 Å². The normalized spacial score (nSPS) is 18.2. The summed E-state index contributed by atoms with van der Waals surface area (Å²) < 4.78 is 16.7. The van der Waals surface area contributed by atoms with Gasteiger partial charge in [0.1, 0.15) is 5.69 Å². The van der Waals surface area contributed by atoms with Crippen molar-refractivity contribution in [1.29, 1.82) is 0 Å². The minimum atomic E-state index is -0.0554. The molecule has 0 radical (unpaired) electrons. The van der Waals surface area contributed by atoms with E-state index < -0.39 is 0 Å². The van der Waals surface area contributed by atoms with Gasteiger partial charge >= 0.3 is 0 Å². The lowest BCUT2D eigenvalue weighted by Gasteiger charge is -2.33. The molecule has 1 fully saturated rings. The van der Waals surface area contributed by atoms with Gasteiger partial charge in [-0.15, -0.1) is 0 Å². The predicted molar refractivity (Wildman–Crippen MR) is 97.8 cm³/mol. The van der Waals surface area contributed by atoms with Gasteiger partial charge < -0.3 is 14.2 Å². The maximum Gasteiger partial charge on any atom is 0.183 e. The lowest BCUT2D eigenvalue weighted by Crippen LogP contribution is -2.38. The lowest BCUT2D eigenvalue weighted by molar-refractivity contribution is -0.0334. The van der Waals surface area contributed by atoms with Crippen molar-refractivity contribution >= 4 is 23.2 Å². The first kappa shape index (κ1) is 18.3. The molecule has 0 bridgehead atoms. The number of halogens is 2. The third kappa shape index (κ3) is 4.18. The smallest absolute Gasteiger partial charge is 0.183 e. The molecule has 25 heavy (non-hydrogen) atoms. The standard InChI is InChI=1S/C18H20Cl2N2O3/c1-23-16-5-6-21-15(18(16)24-2)10-22-7-8-25-17(11-22)12-3-4-13(19)14(20)9-12/h3-6,9,17H,7-8,10-11H2,1-2H3/t17-/m1/s1. The molecule has 1 aromatic heterocycles. The number of hydrogen-bond acceptors (Lipinski definition) is 5. The molecule has 1 aliphatic heterocycles. The van der Waals surface area contributed by atoms with Crippen LogP contribution in [0.2, 0.25) is 10.0 Å². The molecule has 5 nitrogen and oxygen atoms in total. The van der Waals surface area contributed by atoms with E-state index in [1.807, 2.05) is 12.1 Å². The topological polar surface area (TPSA) is 43.8 Å². The molecule has 1 atom stereocenters. The molecule has 0 saturated carbocycles. The summed E-state index contributed by atoms with van der Waals surface area (Å²) in [6.45, 7) is 2.85. The second-order valence-electron chi connectivity index (χ2n) is 5.76. The molecule has 0 unspecified atom stereocenters. The third-order valence-electron chi connectivity index (χ3n) is 4.21. The van der Waals surface area contributed by atoms with Gasteiger partial charge in [0.05, 0.1) is 37.0 Å². The first-order chi connectivity index (χ1) is 12.1. The van der Waals surface area contributed by atoms with E-state index in [1.165, 1.54) is 0 Å². The molecular formula is C18H20Cl2N2O3. The van der Waals surface area contributed by atoms with E-state index in [0.29, 0.717) is 34.7 Å². The van der Waals surface area contributed by atoms with Crippen molar-refractivity contribution < 1.29 is 14.2 Å². The number of rotatable bonds is 5. The second kappa shape index (κ2) is 8.23. The van der Waals surface area contributed by atoms with E-state index in [4.69, 9.17) is 37.4 Å². The summed E-state index contributed by atoms with van der Waals surface area (Å²) >= 11 is 12.1. The van der Waals surface area contributed by atoms with E-state index in [-0.39, 0.29) is 6.10 Å². The summed E-state index contributed by atoms with van der Waals surface area (Å²) in [4.78, 5) is 6.73. The van der Waals surface area contributed by atoms with Crippen LogP contribution in [0, 0.1) is 0 Å². The van der Waals surface area contributed by atoms with Crippen LogP contribution < -0.4 is 9.47 Å².